The maximum absolute atomic E-state index is 11.0. The van der Waals surface area contributed by atoms with Gasteiger partial charge in [-0.1, -0.05) is 119 Å². The van der Waals surface area contributed by atoms with E-state index >= 15 is 0 Å². The number of phenolic OH excluding ortho intramolecular Hbond substituents is 1. The van der Waals surface area contributed by atoms with Crippen molar-refractivity contribution in [2.24, 2.45) is 0 Å². The molecule has 5 aromatic carbocycles. The van der Waals surface area contributed by atoms with Gasteiger partial charge in [0.1, 0.15) is 11.6 Å². The van der Waals surface area contributed by atoms with Crippen LogP contribution in [0.15, 0.2) is 115 Å². The van der Waals surface area contributed by atoms with Gasteiger partial charge in [-0.05, 0) is 63.9 Å². The van der Waals surface area contributed by atoms with E-state index in [0.29, 0.717) is 11.8 Å². The fourth-order valence-electron chi connectivity index (χ4n) is 5.67. The predicted octanol–water partition coefficient (Wildman–Crippen LogP) is 9.98. The number of benzene rings is 5. The minimum atomic E-state index is 0.222. The Morgan fingerprint density at radius 3 is 1.85 bits per heavy atom. The zero-order valence-electron chi connectivity index (χ0n) is 23.5. The number of rotatable bonds is 6. The van der Waals surface area contributed by atoms with Gasteiger partial charge >= 0.3 is 0 Å². The van der Waals surface area contributed by atoms with Crippen molar-refractivity contribution in [1.29, 1.82) is 0 Å². The Bertz CT molecular complexity index is 1790. The summed E-state index contributed by atoms with van der Waals surface area (Å²) in [7, 11) is 0. The molecule has 0 unspecified atom stereocenters. The summed E-state index contributed by atoms with van der Waals surface area (Å²) >= 11 is 0. The number of aromatic nitrogens is 2. The summed E-state index contributed by atoms with van der Waals surface area (Å²) in [6.07, 6.45) is 0. The van der Waals surface area contributed by atoms with Gasteiger partial charge in [-0.2, -0.15) is 0 Å². The molecular formula is C37H34N2O. The van der Waals surface area contributed by atoms with Crippen molar-refractivity contribution in [1.82, 2.24) is 9.55 Å². The van der Waals surface area contributed by atoms with E-state index in [-0.39, 0.29) is 5.75 Å². The molecule has 1 heterocycles. The number of hydrogen-bond acceptors (Lipinski definition) is 2. The van der Waals surface area contributed by atoms with E-state index < -0.39 is 0 Å². The summed E-state index contributed by atoms with van der Waals surface area (Å²) in [4.78, 5) is 5.30. The number of fused-ring (bicyclic) bond motifs is 1. The van der Waals surface area contributed by atoms with Gasteiger partial charge in [-0.15, -0.1) is 0 Å². The Hall–Kier alpha value is -4.63. The molecule has 0 amide bonds. The smallest absolute Gasteiger partial charge is 0.149 e. The SMILES string of the molecule is CC(C)c1cccc(C(C)C)c1-n1c(-c2ccccc2O)nc2c(-c3cccc(-c4ccccc4)c3)cccc21. The van der Waals surface area contributed by atoms with Gasteiger partial charge in [0.15, 0.2) is 0 Å². The van der Waals surface area contributed by atoms with Gasteiger partial charge in [0.2, 0.25) is 0 Å². The van der Waals surface area contributed by atoms with Crippen LogP contribution in [0.3, 0.4) is 0 Å². The Balaban J connectivity index is 1.69. The minimum Gasteiger partial charge on any atom is -0.507 e. The molecule has 0 aliphatic heterocycles. The molecule has 0 radical (unpaired) electrons. The quantitative estimate of drug-likeness (QED) is 0.236. The van der Waals surface area contributed by atoms with E-state index in [0.717, 1.165) is 39.2 Å². The van der Waals surface area contributed by atoms with Crippen LogP contribution in [-0.4, -0.2) is 14.7 Å². The predicted molar refractivity (Wildman–Crippen MR) is 167 cm³/mol. The highest BCUT2D eigenvalue weighted by Gasteiger charge is 2.24. The van der Waals surface area contributed by atoms with Gasteiger partial charge in [0.25, 0.3) is 0 Å². The third-order valence-electron chi connectivity index (χ3n) is 7.68. The van der Waals surface area contributed by atoms with Gasteiger partial charge in [-0.3, -0.25) is 4.57 Å². The first kappa shape index (κ1) is 25.6. The van der Waals surface area contributed by atoms with Crippen LogP contribution in [0.25, 0.3) is 50.4 Å². The molecule has 3 nitrogen and oxygen atoms in total. The molecule has 6 rings (SSSR count). The number of imidazole rings is 1. The molecule has 40 heavy (non-hydrogen) atoms. The van der Waals surface area contributed by atoms with Crippen LogP contribution in [0.1, 0.15) is 50.7 Å². The van der Waals surface area contributed by atoms with E-state index in [1.165, 1.54) is 22.3 Å². The summed E-state index contributed by atoms with van der Waals surface area (Å²) < 4.78 is 2.28. The van der Waals surface area contributed by atoms with Gasteiger partial charge in [0, 0.05) is 5.56 Å². The van der Waals surface area contributed by atoms with E-state index in [2.05, 4.69) is 117 Å². The lowest BCUT2D eigenvalue weighted by Crippen LogP contribution is -2.08. The number of nitrogens with zero attached hydrogens (tertiary/aromatic N) is 2. The van der Waals surface area contributed by atoms with Crippen LogP contribution < -0.4 is 0 Å². The normalized spacial score (nSPS) is 11.6. The molecule has 0 saturated carbocycles. The van der Waals surface area contributed by atoms with Crippen LogP contribution in [0.5, 0.6) is 5.75 Å². The lowest BCUT2D eigenvalue weighted by atomic mass is 9.92. The largest absolute Gasteiger partial charge is 0.507 e. The maximum atomic E-state index is 11.0. The third kappa shape index (κ3) is 4.48. The molecule has 0 spiro atoms. The maximum Gasteiger partial charge on any atom is 0.149 e. The number of para-hydroxylation sites is 3. The molecule has 1 aromatic heterocycles. The molecular weight excluding hydrogens is 488 g/mol. The molecule has 0 atom stereocenters. The van der Waals surface area contributed by atoms with E-state index in [1.54, 1.807) is 6.07 Å². The highest BCUT2D eigenvalue weighted by molar-refractivity contribution is 5.96. The summed E-state index contributed by atoms with van der Waals surface area (Å²) in [5.41, 5.74) is 10.9. The fourth-order valence-corrected chi connectivity index (χ4v) is 5.67. The van der Waals surface area contributed by atoms with Crippen LogP contribution in [0.4, 0.5) is 0 Å². The zero-order chi connectivity index (χ0) is 27.8. The average molecular weight is 523 g/mol. The molecule has 198 valence electrons. The fraction of sp³-hybridized carbons (Fsp3) is 0.162. The first-order valence-corrected chi connectivity index (χ1v) is 14.0. The Morgan fingerprint density at radius 2 is 1.15 bits per heavy atom. The highest BCUT2D eigenvalue weighted by atomic mass is 16.3. The van der Waals surface area contributed by atoms with Crippen LogP contribution in [0, 0.1) is 0 Å². The monoisotopic (exact) mass is 522 g/mol. The summed E-state index contributed by atoms with van der Waals surface area (Å²) in [5.74, 6) is 1.60. The number of phenols is 1. The van der Waals surface area contributed by atoms with Gasteiger partial charge in [-0.25, -0.2) is 4.98 Å². The summed E-state index contributed by atoms with van der Waals surface area (Å²) in [6, 6.07) is 39.7. The molecule has 0 aliphatic carbocycles. The van der Waals surface area contributed by atoms with E-state index in [1.807, 2.05) is 24.3 Å². The second kappa shape index (κ2) is 10.5. The second-order valence-electron chi connectivity index (χ2n) is 11.0. The van der Waals surface area contributed by atoms with E-state index in [4.69, 9.17) is 4.98 Å². The summed E-state index contributed by atoms with van der Waals surface area (Å²) in [5, 5.41) is 11.0. The third-order valence-corrected chi connectivity index (χ3v) is 7.68. The molecule has 0 bridgehead atoms. The standard InChI is InChI=1S/C37H34N2O/c1-24(2)29-18-11-19-30(25(3)4)36(29)39-33-21-12-20-31(35(33)38-37(39)32-17-8-9-22-34(32)40)28-16-10-15-27(23-28)26-13-6-5-7-14-26/h5-25,40H,1-4H3. The lowest BCUT2D eigenvalue weighted by Gasteiger charge is -2.22. The number of aromatic hydroxyl groups is 1. The minimum absolute atomic E-state index is 0.222. The van der Waals surface area contributed by atoms with Crippen molar-refractivity contribution >= 4 is 11.0 Å². The molecule has 0 fully saturated rings. The van der Waals surface area contributed by atoms with Crippen molar-refractivity contribution in [3.63, 3.8) is 0 Å². The lowest BCUT2D eigenvalue weighted by molar-refractivity contribution is 0.477. The van der Waals surface area contributed by atoms with Crippen molar-refractivity contribution < 1.29 is 5.11 Å². The van der Waals surface area contributed by atoms with E-state index in [9.17, 15) is 5.11 Å². The van der Waals surface area contributed by atoms with Crippen molar-refractivity contribution in [3.8, 4) is 45.1 Å². The van der Waals surface area contributed by atoms with Crippen molar-refractivity contribution in [3.05, 3.63) is 126 Å². The molecule has 6 aromatic rings. The van der Waals surface area contributed by atoms with Crippen molar-refractivity contribution in [2.75, 3.05) is 0 Å². The highest BCUT2D eigenvalue weighted by Crippen LogP contribution is 2.41. The van der Waals surface area contributed by atoms with Crippen LogP contribution >= 0.6 is 0 Å². The van der Waals surface area contributed by atoms with Crippen LogP contribution in [-0.2, 0) is 0 Å². The Kier molecular flexibility index (Phi) is 6.73. The number of hydrogen-bond donors (Lipinski definition) is 1. The topological polar surface area (TPSA) is 38.0 Å². The summed E-state index contributed by atoms with van der Waals surface area (Å²) in [6.45, 7) is 8.95. The first-order chi connectivity index (χ1) is 19.4. The zero-order valence-corrected chi connectivity index (χ0v) is 23.5. The van der Waals surface area contributed by atoms with Gasteiger partial charge < -0.3 is 5.11 Å². The molecule has 0 aliphatic rings. The molecule has 3 heteroatoms. The van der Waals surface area contributed by atoms with Crippen LogP contribution in [0.2, 0.25) is 0 Å². The second-order valence-corrected chi connectivity index (χ2v) is 11.0. The molecule has 1 N–H and O–H groups in total. The Labute approximate surface area is 236 Å². The van der Waals surface area contributed by atoms with Gasteiger partial charge in [0.05, 0.1) is 22.3 Å². The average Bonchev–Trinajstić information content (AvgIpc) is 3.36. The Morgan fingerprint density at radius 1 is 0.575 bits per heavy atom. The first-order valence-electron chi connectivity index (χ1n) is 14.0. The van der Waals surface area contributed by atoms with Crippen molar-refractivity contribution in [2.45, 2.75) is 39.5 Å². The molecule has 0 saturated heterocycles.